The minimum atomic E-state index is -0.690. The average molecular weight is 388 g/mol. The van der Waals surface area contributed by atoms with Gasteiger partial charge in [0.15, 0.2) is 5.78 Å². The molecule has 0 saturated heterocycles. The van der Waals surface area contributed by atoms with Gasteiger partial charge in [0, 0.05) is 37.7 Å². The number of aliphatic imine (C=N–C) groups is 1. The number of nitrogens with zero attached hydrogens (tertiary/aromatic N) is 1. The van der Waals surface area contributed by atoms with Crippen LogP contribution in [0.2, 0.25) is 0 Å². The molecule has 7 heteroatoms. The quantitative estimate of drug-likeness (QED) is 0.669. The van der Waals surface area contributed by atoms with E-state index in [1.807, 2.05) is 13.8 Å². The van der Waals surface area contributed by atoms with Crippen molar-refractivity contribution < 1.29 is 23.8 Å². The molecular formula is C21H25FN2O4. The van der Waals surface area contributed by atoms with Crippen LogP contribution in [0.15, 0.2) is 52.9 Å². The second kappa shape index (κ2) is 8.34. The number of carbonyl (C=O) groups excluding carboxylic acids is 1. The summed E-state index contributed by atoms with van der Waals surface area (Å²) in [4.78, 5) is 15.3. The smallest absolute Gasteiger partial charge is 0.204 e. The highest BCUT2D eigenvalue weighted by Gasteiger charge is 2.44. The number of aliphatic hydroxyl groups is 1. The number of benzene rings is 1. The van der Waals surface area contributed by atoms with Crippen LogP contribution in [0, 0.1) is 5.82 Å². The number of rotatable bonds is 8. The summed E-state index contributed by atoms with van der Waals surface area (Å²) in [5.41, 5.74) is 2.48. The van der Waals surface area contributed by atoms with E-state index in [1.165, 1.54) is 12.1 Å². The molecule has 1 aliphatic carbocycles. The minimum absolute atomic E-state index is 0.187. The number of ketones is 1. The number of carbonyl (C=O) groups is 1. The van der Waals surface area contributed by atoms with Gasteiger partial charge in [-0.05, 0) is 36.1 Å². The van der Waals surface area contributed by atoms with Crippen molar-refractivity contribution in [2.45, 2.75) is 38.0 Å². The van der Waals surface area contributed by atoms with Crippen molar-refractivity contribution in [2.75, 3.05) is 19.8 Å². The highest BCUT2D eigenvalue weighted by Crippen LogP contribution is 2.45. The van der Waals surface area contributed by atoms with Crippen molar-refractivity contribution in [3.8, 4) is 0 Å². The molecule has 1 saturated carbocycles. The highest BCUT2D eigenvalue weighted by atomic mass is 19.1. The Hall–Kier alpha value is -2.35. The van der Waals surface area contributed by atoms with Crippen molar-refractivity contribution in [2.24, 2.45) is 4.99 Å². The molecule has 150 valence electrons. The van der Waals surface area contributed by atoms with Crippen LogP contribution in [0.5, 0.6) is 0 Å². The first kappa shape index (κ1) is 20.4. The fourth-order valence-electron chi connectivity index (χ4n) is 2.92. The van der Waals surface area contributed by atoms with Gasteiger partial charge < -0.3 is 19.9 Å². The number of nitrogens with one attached hydrogen (secondary N) is 1. The van der Waals surface area contributed by atoms with Crippen LogP contribution < -0.4 is 5.32 Å². The topological polar surface area (TPSA) is 80.2 Å². The fourth-order valence-corrected chi connectivity index (χ4v) is 2.92. The first-order valence-corrected chi connectivity index (χ1v) is 9.22. The van der Waals surface area contributed by atoms with Crippen LogP contribution in [0.3, 0.4) is 0 Å². The molecule has 2 N–H and O–H groups in total. The van der Waals surface area contributed by atoms with E-state index in [9.17, 15) is 9.18 Å². The predicted octanol–water partition coefficient (Wildman–Crippen LogP) is 2.59. The van der Waals surface area contributed by atoms with Gasteiger partial charge >= 0.3 is 0 Å². The molecule has 0 amide bonds. The first-order chi connectivity index (χ1) is 13.3. The number of hydrogen-bond acceptors (Lipinski definition) is 6. The molecule has 1 aromatic carbocycles. The Morgan fingerprint density at radius 1 is 1.32 bits per heavy atom. The lowest BCUT2D eigenvalue weighted by molar-refractivity contribution is -0.188. The number of hydrogen-bond donors (Lipinski definition) is 2. The first-order valence-electron chi connectivity index (χ1n) is 9.22. The fraction of sp³-hybridized carbons (Fsp3) is 0.429. The molecule has 1 aliphatic heterocycles. The molecular weight excluding hydrogens is 363 g/mol. The summed E-state index contributed by atoms with van der Waals surface area (Å²) in [6.45, 7) is 3.90. The molecule has 1 heterocycles. The maximum Gasteiger partial charge on any atom is 0.204 e. The number of ether oxygens (including phenoxy) is 2. The van der Waals surface area contributed by atoms with Crippen molar-refractivity contribution in [3.05, 3.63) is 59.3 Å². The summed E-state index contributed by atoms with van der Waals surface area (Å²) in [5.74, 6) is -1.42. The second-order valence-electron chi connectivity index (χ2n) is 7.45. The normalized spacial score (nSPS) is 20.6. The third-order valence-corrected chi connectivity index (χ3v) is 4.84. The molecule has 0 aromatic heterocycles. The van der Waals surface area contributed by atoms with E-state index < -0.39 is 18.2 Å². The lowest BCUT2D eigenvalue weighted by atomic mass is 10.0. The zero-order valence-electron chi connectivity index (χ0n) is 16.1. The van der Waals surface area contributed by atoms with Gasteiger partial charge in [-0.2, -0.15) is 0 Å². The van der Waals surface area contributed by atoms with Crippen molar-refractivity contribution in [3.63, 3.8) is 0 Å². The summed E-state index contributed by atoms with van der Waals surface area (Å²) in [6, 6.07) is 6.52. The zero-order chi connectivity index (χ0) is 20.2. The standard InChI is InChI=1S/C21H25FN2O4/c1-20(2)27-13-16(14-28-20)15(9-23-11-19(26)12-25)10-24-21(7-8-21)17-3-5-18(22)6-4-17/h3-6,9,11,13,24-25H,7-8,10,12,14H2,1-2H3/b15-9-,23-11?. The van der Waals surface area contributed by atoms with E-state index >= 15 is 0 Å². The van der Waals surface area contributed by atoms with Crippen molar-refractivity contribution in [1.29, 1.82) is 0 Å². The van der Waals surface area contributed by atoms with E-state index in [-0.39, 0.29) is 11.4 Å². The molecule has 28 heavy (non-hydrogen) atoms. The van der Waals surface area contributed by atoms with E-state index in [0.29, 0.717) is 13.2 Å². The predicted molar refractivity (Wildman–Crippen MR) is 103 cm³/mol. The van der Waals surface area contributed by atoms with Gasteiger partial charge in [-0.25, -0.2) is 4.39 Å². The number of halogens is 1. The van der Waals surface area contributed by atoms with E-state index in [2.05, 4.69) is 10.3 Å². The molecule has 0 unspecified atom stereocenters. The number of Topliss-reactive ketones (excluding diaryl/α,β-unsaturated/α-hetero) is 1. The van der Waals surface area contributed by atoms with Gasteiger partial charge in [-0.15, -0.1) is 0 Å². The third-order valence-electron chi connectivity index (χ3n) is 4.84. The van der Waals surface area contributed by atoms with Gasteiger partial charge in [0.25, 0.3) is 0 Å². The van der Waals surface area contributed by atoms with Crippen LogP contribution in [0.25, 0.3) is 0 Å². The molecule has 6 nitrogen and oxygen atoms in total. The molecule has 1 fully saturated rings. The van der Waals surface area contributed by atoms with Gasteiger partial charge in [-0.3, -0.25) is 9.79 Å². The van der Waals surface area contributed by atoms with Crippen LogP contribution in [-0.2, 0) is 19.8 Å². The van der Waals surface area contributed by atoms with Crippen LogP contribution in [0.4, 0.5) is 4.39 Å². The summed E-state index contributed by atoms with van der Waals surface area (Å²) in [7, 11) is 0. The number of aliphatic hydroxyl groups excluding tert-OH is 1. The zero-order valence-corrected chi connectivity index (χ0v) is 16.1. The minimum Gasteiger partial charge on any atom is -0.470 e. The summed E-state index contributed by atoms with van der Waals surface area (Å²) < 4.78 is 24.5. The lowest BCUT2D eigenvalue weighted by Crippen LogP contribution is -2.34. The second-order valence-corrected chi connectivity index (χ2v) is 7.45. The molecule has 0 spiro atoms. The molecule has 0 atom stereocenters. The molecule has 3 rings (SSSR count). The molecule has 1 aromatic rings. The van der Waals surface area contributed by atoms with E-state index in [0.717, 1.165) is 35.8 Å². The maximum absolute atomic E-state index is 13.2. The third kappa shape index (κ3) is 5.13. The van der Waals surface area contributed by atoms with Gasteiger partial charge in [0.2, 0.25) is 5.79 Å². The Balaban J connectivity index is 1.75. The highest BCUT2D eigenvalue weighted by molar-refractivity contribution is 6.28. The van der Waals surface area contributed by atoms with Crippen LogP contribution in [0.1, 0.15) is 32.3 Å². The molecule has 0 bridgehead atoms. The summed E-state index contributed by atoms with van der Waals surface area (Å²) in [6.07, 6.45) is 6.21. The Bertz CT molecular complexity index is 808. The monoisotopic (exact) mass is 388 g/mol. The largest absolute Gasteiger partial charge is 0.470 e. The van der Waals surface area contributed by atoms with E-state index in [4.69, 9.17) is 14.6 Å². The van der Waals surface area contributed by atoms with Crippen LogP contribution >= 0.6 is 0 Å². The summed E-state index contributed by atoms with van der Waals surface area (Å²) in [5, 5.41) is 12.3. The SMILES string of the molecule is CC1(C)OC=C(/C(=C\N=CC(=O)CO)CNC2(c3ccc(F)cc3)CC2)CO1. The van der Waals surface area contributed by atoms with Crippen LogP contribution in [-0.4, -0.2) is 42.7 Å². The Labute approximate surface area is 163 Å². The molecule has 0 radical (unpaired) electrons. The van der Waals surface area contributed by atoms with Gasteiger partial charge in [-0.1, -0.05) is 12.1 Å². The van der Waals surface area contributed by atoms with Gasteiger partial charge in [0.05, 0.1) is 19.1 Å². The lowest BCUT2D eigenvalue weighted by Gasteiger charge is -2.31. The summed E-state index contributed by atoms with van der Waals surface area (Å²) >= 11 is 0. The molecule has 2 aliphatic rings. The Morgan fingerprint density at radius 3 is 2.61 bits per heavy atom. The average Bonchev–Trinajstić information content (AvgIpc) is 3.46. The van der Waals surface area contributed by atoms with Gasteiger partial charge in [0.1, 0.15) is 12.4 Å². The van der Waals surface area contributed by atoms with Crippen molar-refractivity contribution >= 4 is 12.0 Å². The Kier molecular flexibility index (Phi) is 6.07. The maximum atomic E-state index is 13.2. The Morgan fingerprint density at radius 2 is 2.04 bits per heavy atom. The van der Waals surface area contributed by atoms with E-state index in [1.54, 1.807) is 24.6 Å². The van der Waals surface area contributed by atoms with Crippen molar-refractivity contribution in [1.82, 2.24) is 5.32 Å².